The Morgan fingerprint density at radius 2 is 2.26 bits per heavy atom. The van der Waals surface area contributed by atoms with Gasteiger partial charge in [-0.05, 0) is 31.4 Å². The molecule has 2 atom stereocenters. The summed E-state index contributed by atoms with van der Waals surface area (Å²) in [6.07, 6.45) is 2.85. The molecule has 6 nitrogen and oxygen atoms in total. The number of carbonyl (C=O) groups is 1. The molecule has 1 aromatic rings. The molecule has 0 amide bonds. The van der Waals surface area contributed by atoms with Crippen LogP contribution in [-0.4, -0.2) is 40.5 Å². The summed E-state index contributed by atoms with van der Waals surface area (Å²) in [4.78, 5) is 10.8. The fourth-order valence-electron chi connectivity index (χ4n) is 2.58. The van der Waals surface area contributed by atoms with E-state index in [1.165, 1.54) is 0 Å². The summed E-state index contributed by atoms with van der Waals surface area (Å²) in [6, 6.07) is 3.03. The lowest BCUT2D eigenvalue weighted by Gasteiger charge is -2.25. The van der Waals surface area contributed by atoms with Crippen LogP contribution in [0.15, 0.2) is 17.2 Å². The number of rotatable bonds is 5. The number of ether oxygens (including phenoxy) is 1. The highest BCUT2D eigenvalue weighted by molar-refractivity contribution is 6.34. The van der Waals surface area contributed by atoms with Crippen LogP contribution in [0.5, 0.6) is 11.5 Å². The molecule has 124 valence electrons. The number of benzene rings is 1. The molecule has 0 radical (unpaired) electrons. The lowest BCUT2D eigenvalue weighted by atomic mass is 9.91. The van der Waals surface area contributed by atoms with Gasteiger partial charge in [0, 0.05) is 11.5 Å². The topological polar surface area (TPSA) is 91.2 Å². The van der Waals surface area contributed by atoms with Crippen molar-refractivity contribution < 1.29 is 19.7 Å². The summed E-state index contributed by atoms with van der Waals surface area (Å²) in [7, 11) is 0. The van der Waals surface area contributed by atoms with Gasteiger partial charge in [0.25, 0.3) is 0 Å². The van der Waals surface area contributed by atoms with Crippen molar-refractivity contribution in [1.82, 2.24) is 5.43 Å². The maximum Gasteiger partial charge on any atom is 0.147 e. The average Bonchev–Trinajstić information content (AvgIpc) is 3.27. The first-order valence-corrected chi connectivity index (χ1v) is 7.97. The van der Waals surface area contributed by atoms with Gasteiger partial charge in [0.05, 0.1) is 17.4 Å². The van der Waals surface area contributed by atoms with Gasteiger partial charge in [-0.15, -0.1) is 0 Å². The van der Waals surface area contributed by atoms with Crippen molar-refractivity contribution in [2.75, 3.05) is 6.61 Å². The molecule has 1 aromatic carbocycles. The second kappa shape index (κ2) is 6.02. The van der Waals surface area contributed by atoms with Crippen molar-refractivity contribution in [1.29, 1.82) is 0 Å². The van der Waals surface area contributed by atoms with Crippen LogP contribution >= 0.6 is 11.6 Å². The zero-order valence-corrected chi connectivity index (χ0v) is 13.5. The first kappa shape index (κ1) is 16.1. The zero-order valence-electron chi connectivity index (χ0n) is 12.8. The monoisotopic (exact) mass is 338 g/mol. The Kier molecular flexibility index (Phi) is 4.21. The zero-order chi connectivity index (χ0) is 16.6. The summed E-state index contributed by atoms with van der Waals surface area (Å²) in [5.41, 5.74) is 3.17. The van der Waals surface area contributed by atoms with Crippen molar-refractivity contribution >= 4 is 23.6 Å². The number of hydrogen-bond acceptors (Lipinski definition) is 6. The fraction of sp³-hybridized carbons (Fsp3) is 0.500. The van der Waals surface area contributed by atoms with Crippen LogP contribution < -0.4 is 10.2 Å². The SMILES string of the molecule is CC1CC(C=O)NN=C1c1ccc(OCC2(O)CC2)c(Cl)c1O. The van der Waals surface area contributed by atoms with Gasteiger partial charge in [-0.25, -0.2) is 0 Å². The number of nitrogens with zero attached hydrogens (tertiary/aromatic N) is 1. The molecular weight excluding hydrogens is 320 g/mol. The van der Waals surface area contributed by atoms with Crippen LogP contribution in [0.2, 0.25) is 5.02 Å². The van der Waals surface area contributed by atoms with Crippen molar-refractivity contribution in [2.45, 2.75) is 37.8 Å². The Balaban J connectivity index is 1.82. The van der Waals surface area contributed by atoms with Gasteiger partial charge in [-0.1, -0.05) is 18.5 Å². The minimum Gasteiger partial charge on any atom is -0.506 e. The number of carbonyl (C=O) groups excluding carboxylic acids is 1. The molecule has 3 N–H and O–H groups in total. The minimum atomic E-state index is -0.757. The van der Waals surface area contributed by atoms with Crippen molar-refractivity contribution in [3.8, 4) is 11.5 Å². The maximum absolute atomic E-state index is 10.8. The number of aromatic hydroxyl groups is 1. The quantitative estimate of drug-likeness (QED) is 0.713. The van der Waals surface area contributed by atoms with E-state index in [1.54, 1.807) is 12.1 Å². The second-order valence-corrected chi connectivity index (χ2v) is 6.67. The molecule has 1 fully saturated rings. The molecule has 7 heteroatoms. The number of hydrazone groups is 1. The third-order valence-corrected chi connectivity index (χ3v) is 4.63. The van der Waals surface area contributed by atoms with E-state index in [0.29, 0.717) is 36.3 Å². The predicted molar refractivity (Wildman–Crippen MR) is 86.1 cm³/mol. The Morgan fingerprint density at radius 3 is 2.87 bits per heavy atom. The van der Waals surface area contributed by atoms with Gasteiger partial charge in [-0.2, -0.15) is 5.10 Å². The molecule has 1 saturated carbocycles. The molecule has 0 spiro atoms. The molecule has 1 aliphatic heterocycles. The van der Waals surface area contributed by atoms with Crippen molar-refractivity contribution in [3.05, 3.63) is 22.7 Å². The fourth-order valence-corrected chi connectivity index (χ4v) is 2.80. The summed E-state index contributed by atoms with van der Waals surface area (Å²) < 4.78 is 5.50. The number of nitrogens with one attached hydrogen (secondary N) is 1. The maximum atomic E-state index is 10.8. The van der Waals surface area contributed by atoms with E-state index in [1.807, 2.05) is 6.92 Å². The molecule has 3 rings (SSSR count). The van der Waals surface area contributed by atoms with E-state index in [9.17, 15) is 15.0 Å². The van der Waals surface area contributed by atoms with Gasteiger partial charge < -0.3 is 19.7 Å². The highest BCUT2D eigenvalue weighted by Gasteiger charge is 2.41. The van der Waals surface area contributed by atoms with Gasteiger partial charge in [-0.3, -0.25) is 5.43 Å². The van der Waals surface area contributed by atoms with E-state index in [4.69, 9.17) is 16.3 Å². The predicted octanol–water partition coefficient (Wildman–Crippen LogP) is 1.85. The van der Waals surface area contributed by atoms with Crippen LogP contribution in [0.25, 0.3) is 0 Å². The van der Waals surface area contributed by atoms with Crippen LogP contribution in [0.1, 0.15) is 31.7 Å². The third kappa shape index (κ3) is 3.28. The number of aldehydes is 1. The molecule has 1 heterocycles. The highest BCUT2D eigenvalue weighted by atomic mass is 35.5. The normalized spacial score (nSPS) is 25.3. The molecule has 0 bridgehead atoms. The lowest BCUT2D eigenvalue weighted by Crippen LogP contribution is -2.37. The van der Waals surface area contributed by atoms with Crippen LogP contribution in [-0.2, 0) is 4.79 Å². The standard InChI is InChI=1S/C16H19ClN2O4/c1-9-6-10(7-20)18-19-14(9)11-2-3-12(13(17)15(11)21)23-8-16(22)4-5-16/h2-3,7,9-10,18,21-22H,4-6,8H2,1H3. The minimum absolute atomic E-state index is 0.00681. The van der Waals surface area contributed by atoms with E-state index >= 15 is 0 Å². The van der Waals surface area contributed by atoms with Crippen LogP contribution in [0.4, 0.5) is 0 Å². The largest absolute Gasteiger partial charge is 0.506 e. The Morgan fingerprint density at radius 1 is 1.52 bits per heavy atom. The molecule has 2 aliphatic rings. The second-order valence-electron chi connectivity index (χ2n) is 6.29. The van der Waals surface area contributed by atoms with Crippen molar-refractivity contribution in [2.24, 2.45) is 11.0 Å². The van der Waals surface area contributed by atoms with Gasteiger partial charge in [0.2, 0.25) is 0 Å². The van der Waals surface area contributed by atoms with Gasteiger partial charge in [0.1, 0.15) is 29.4 Å². The molecule has 2 unspecified atom stereocenters. The average molecular weight is 339 g/mol. The Bertz CT molecular complexity index is 658. The van der Waals surface area contributed by atoms with Crippen molar-refractivity contribution in [3.63, 3.8) is 0 Å². The van der Waals surface area contributed by atoms with E-state index in [0.717, 1.165) is 6.29 Å². The number of aliphatic hydroxyl groups is 1. The van der Waals surface area contributed by atoms with E-state index < -0.39 is 5.60 Å². The Labute approximate surface area is 139 Å². The van der Waals surface area contributed by atoms with Crippen LogP contribution in [0, 0.1) is 5.92 Å². The highest BCUT2D eigenvalue weighted by Crippen LogP contribution is 2.40. The molecule has 1 aliphatic carbocycles. The van der Waals surface area contributed by atoms with E-state index in [-0.39, 0.29) is 29.3 Å². The van der Waals surface area contributed by atoms with E-state index in [2.05, 4.69) is 10.5 Å². The number of phenols is 1. The number of phenolic OH excluding ortho intramolecular Hbond substituents is 1. The van der Waals surface area contributed by atoms with Gasteiger partial charge in [0.15, 0.2) is 0 Å². The van der Waals surface area contributed by atoms with Gasteiger partial charge >= 0.3 is 0 Å². The first-order valence-electron chi connectivity index (χ1n) is 7.59. The number of halogens is 1. The summed E-state index contributed by atoms with van der Waals surface area (Å²) >= 11 is 6.18. The lowest BCUT2D eigenvalue weighted by molar-refractivity contribution is -0.109. The smallest absolute Gasteiger partial charge is 0.147 e. The van der Waals surface area contributed by atoms with Crippen LogP contribution in [0.3, 0.4) is 0 Å². The summed E-state index contributed by atoms with van der Waals surface area (Å²) in [5.74, 6) is 0.229. The first-order chi connectivity index (χ1) is 10.9. The Hall–Kier alpha value is -1.79. The molecule has 0 saturated heterocycles. The molecule has 23 heavy (non-hydrogen) atoms. The number of hydrogen-bond donors (Lipinski definition) is 3. The molecule has 0 aromatic heterocycles. The molecular formula is C16H19ClN2O4. The summed E-state index contributed by atoms with van der Waals surface area (Å²) in [5, 5.41) is 24.5. The third-order valence-electron chi connectivity index (χ3n) is 4.27. The summed E-state index contributed by atoms with van der Waals surface area (Å²) in [6.45, 7) is 2.10.